The van der Waals surface area contributed by atoms with E-state index in [1.165, 1.54) is 25.7 Å². The summed E-state index contributed by atoms with van der Waals surface area (Å²) >= 11 is 0. The van der Waals surface area contributed by atoms with Crippen LogP contribution in [0.1, 0.15) is 91.9 Å². The standard InChI is InChI=1S/C26H44O4/c1-5-17-21-14-16(27)10-12-26(21,4)20-11-13-25(3)18(15(2)6-9-22(28)29)7-8-19(25)23(20)24(17)30/h15-21,23-24,27,30H,5-14H2,1-4H3,(H,28,29)/t15?,16?,17?,18?,19?,20?,21?,23?,24?,25-,26-/m1/s1. The number of aliphatic hydroxyl groups excluding tert-OH is 2. The monoisotopic (exact) mass is 420 g/mol. The lowest BCUT2D eigenvalue weighted by atomic mass is 9.41. The van der Waals surface area contributed by atoms with Gasteiger partial charge < -0.3 is 15.3 Å². The van der Waals surface area contributed by atoms with Crippen molar-refractivity contribution < 1.29 is 20.1 Å². The minimum Gasteiger partial charge on any atom is -0.481 e. The summed E-state index contributed by atoms with van der Waals surface area (Å²) in [5.74, 6) is 2.58. The third kappa shape index (κ3) is 3.36. The molecule has 3 N–H and O–H groups in total. The van der Waals surface area contributed by atoms with Crippen LogP contribution >= 0.6 is 0 Å². The van der Waals surface area contributed by atoms with Crippen molar-refractivity contribution in [2.45, 2.75) is 104 Å². The third-order valence-electron chi connectivity index (χ3n) is 11.0. The Labute approximate surface area is 182 Å². The van der Waals surface area contributed by atoms with Crippen molar-refractivity contribution in [3.8, 4) is 0 Å². The molecule has 0 radical (unpaired) electrons. The highest BCUT2D eigenvalue weighted by Crippen LogP contribution is 2.69. The Bertz CT molecular complexity index is 649. The van der Waals surface area contributed by atoms with E-state index in [-0.39, 0.29) is 29.5 Å². The Hall–Kier alpha value is -0.610. The van der Waals surface area contributed by atoms with Crippen molar-refractivity contribution in [1.29, 1.82) is 0 Å². The molecule has 0 aromatic heterocycles. The average Bonchev–Trinajstić information content (AvgIpc) is 3.05. The minimum atomic E-state index is -0.683. The molecule has 4 heteroatoms. The molecule has 4 nitrogen and oxygen atoms in total. The summed E-state index contributed by atoms with van der Waals surface area (Å²) in [5, 5.41) is 31.3. The van der Waals surface area contributed by atoms with Gasteiger partial charge >= 0.3 is 5.97 Å². The fourth-order valence-corrected chi connectivity index (χ4v) is 9.48. The Morgan fingerprint density at radius 1 is 1.00 bits per heavy atom. The predicted octanol–water partition coefficient (Wildman–Crippen LogP) is 5.11. The van der Waals surface area contributed by atoms with Gasteiger partial charge in [-0.25, -0.2) is 0 Å². The molecule has 0 heterocycles. The van der Waals surface area contributed by atoms with Crippen LogP contribution in [-0.4, -0.2) is 33.5 Å². The van der Waals surface area contributed by atoms with Gasteiger partial charge in [0.15, 0.2) is 0 Å². The van der Waals surface area contributed by atoms with Crippen LogP contribution in [0.15, 0.2) is 0 Å². The molecule has 0 bridgehead atoms. The number of aliphatic hydroxyl groups is 2. The molecule has 4 aliphatic carbocycles. The molecule has 4 rings (SSSR count). The summed E-state index contributed by atoms with van der Waals surface area (Å²) in [6.45, 7) is 9.44. The van der Waals surface area contributed by atoms with Crippen molar-refractivity contribution >= 4 is 5.97 Å². The van der Waals surface area contributed by atoms with Crippen LogP contribution in [0.2, 0.25) is 0 Å². The molecule has 0 amide bonds. The third-order valence-corrected chi connectivity index (χ3v) is 11.0. The van der Waals surface area contributed by atoms with Gasteiger partial charge in [-0.2, -0.15) is 0 Å². The lowest BCUT2D eigenvalue weighted by Crippen LogP contribution is -2.62. The van der Waals surface area contributed by atoms with Crippen LogP contribution in [0.3, 0.4) is 0 Å². The van der Waals surface area contributed by atoms with Gasteiger partial charge in [-0.1, -0.05) is 34.1 Å². The maximum Gasteiger partial charge on any atom is 0.303 e. The van der Waals surface area contributed by atoms with Crippen LogP contribution < -0.4 is 0 Å². The highest BCUT2D eigenvalue weighted by molar-refractivity contribution is 5.66. The van der Waals surface area contributed by atoms with Crippen molar-refractivity contribution in [2.75, 3.05) is 0 Å². The lowest BCUT2D eigenvalue weighted by Gasteiger charge is -2.64. The number of hydrogen-bond acceptors (Lipinski definition) is 3. The Morgan fingerprint density at radius 2 is 1.67 bits per heavy atom. The Kier molecular flexibility index (Phi) is 6.07. The van der Waals surface area contributed by atoms with E-state index in [1.807, 2.05) is 0 Å². The van der Waals surface area contributed by atoms with E-state index >= 15 is 0 Å². The molecule has 0 aliphatic heterocycles. The zero-order chi connectivity index (χ0) is 21.8. The zero-order valence-corrected chi connectivity index (χ0v) is 19.5. The maximum atomic E-state index is 11.7. The van der Waals surface area contributed by atoms with E-state index in [1.54, 1.807) is 0 Å². The van der Waals surface area contributed by atoms with Crippen molar-refractivity contribution in [2.24, 2.45) is 52.3 Å². The molecule has 9 unspecified atom stereocenters. The second kappa shape index (κ2) is 8.06. The molecule has 0 aromatic rings. The van der Waals surface area contributed by atoms with Crippen LogP contribution in [0.4, 0.5) is 0 Å². The molecule has 30 heavy (non-hydrogen) atoms. The number of aliphatic carboxylic acids is 1. The quantitative estimate of drug-likeness (QED) is 0.577. The largest absolute Gasteiger partial charge is 0.481 e. The van der Waals surface area contributed by atoms with Crippen LogP contribution in [-0.2, 0) is 4.79 Å². The Morgan fingerprint density at radius 3 is 2.33 bits per heavy atom. The van der Waals surface area contributed by atoms with Gasteiger partial charge in [-0.05, 0) is 104 Å². The molecule has 4 aliphatic rings. The first-order chi connectivity index (χ1) is 14.1. The highest BCUT2D eigenvalue weighted by Gasteiger charge is 2.64. The summed E-state index contributed by atoms with van der Waals surface area (Å²) in [6, 6.07) is 0. The van der Waals surface area contributed by atoms with Crippen molar-refractivity contribution in [3.05, 3.63) is 0 Å². The van der Waals surface area contributed by atoms with Gasteiger partial charge in [0.25, 0.3) is 0 Å². The lowest BCUT2D eigenvalue weighted by molar-refractivity contribution is -0.203. The average molecular weight is 421 g/mol. The van der Waals surface area contributed by atoms with E-state index in [9.17, 15) is 15.0 Å². The molecule has 4 fully saturated rings. The van der Waals surface area contributed by atoms with Crippen LogP contribution in [0, 0.1) is 52.3 Å². The van der Waals surface area contributed by atoms with Gasteiger partial charge in [0.2, 0.25) is 0 Å². The first kappa shape index (κ1) is 22.6. The van der Waals surface area contributed by atoms with Gasteiger partial charge in [0, 0.05) is 6.42 Å². The highest BCUT2D eigenvalue weighted by atomic mass is 16.4. The predicted molar refractivity (Wildman–Crippen MR) is 118 cm³/mol. The number of carboxylic acids is 1. The van der Waals surface area contributed by atoms with E-state index in [2.05, 4.69) is 27.7 Å². The number of carbonyl (C=O) groups is 1. The topological polar surface area (TPSA) is 77.8 Å². The second-order valence-corrected chi connectivity index (χ2v) is 12.0. The van der Waals surface area contributed by atoms with Crippen molar-refractivity contribution in [3.63, 3.8) is 0 Å². The molecule has 0 aromatic carbocycles. The zero-order valence-electron chi connectivity index (χ0n) is 19.5. The van der Waals surface area contributed by atoms with E-state index in [0.29, 0.717) is 41.4 Å². The molecule has 11 atom stereocenters. The number of rotatable bonds is 5. The number of carboxylic acid groups (broad SMARTS) is 1. The van der Waals surface area contributed by atoms with Gasteiger partial charge in [-0.15, -0.1) is 0 Å². The summed E-state index contributed by atoms with van der Waals surface area (Å²) < 4.78 is 0. The minimum absolute atomic E-state index is 0.194. The SMILES string of the molecule is CCC1C(O)C2C(CC[C@]3(C)C(C(C)CCC(=O)O)CCC23)[C@@]2(C)CCC(O)CC12. The fourth-order valence-electron chi connectivity index (χ4n) is 9.48. The molecular weight excluding hydrogens is 376 g/mol. The fraction of sp³-hybridized carbons (Fsp3) is 0.962. The first-order valence-corrected chi connectivity index (χ1v) is 12.7. The molecule has 0 saturated heterocycles. The smallest absolute Gasteiger partial charge is 0.303 e. The van der Waals surface area contributed by atoms with E-state index in [4.69, 9.17) is 5.11 Å². The molecule has 4 saturated carbocycles. The van der Waals surface area contributed by atoms with Gasteiger partial charge in [0.1, 0.15) is 0 Å². The summed E-state index contributed by atoms with van der Waals surface area (Å²) in [5.41, 5.74) is 0.480. The molecular formula is C26H44O4. The van der Waals surface area contributed by atoms with E-state index < -0.39 is 5.97 Å². The van der Waals surface area contributed by atoms with Crippen LogP contribution in [0.25, 0.3) is 0 Å². The summed E-state index contributed by atoms with van der Waals surface area (Å²) in [4.78, 5) is 11.1. The molecule has 0 spiro atoms. The van der Waals surface area contributed by atoms with Gasteiger partial charge in [-0.3, -0.25) is 4.79 Å². The maximum absolute atomic E-state index is 11.7. The van der Waals surface area contributed by atoms with Gasteiger partial charge in [0.05, 0.1) is 12.2 Å². The second-order valence-electron chi connectivity index (χ2n) is 12.0. The van der Waals surface area contributed by atoms with Crippen molar-refractivity contribution in [1.82, 2.24) is 0 Å². The van der Waals surface area contributed by atoms with E-state index in [0.717, 1.165) is 32.1 Å². The van der Waals surface area contributed by atoms with Crippen LogP contribution in [0.5, 0.6) is 0 Å². The number of hydrogen-bond donors (Lipinski definition) is 3. The number of fused-ring (bicyclic) bond motifs is 5. The summed E-state index contributed by atoms with van der Waals surface area (Å²) in [7, 11) is 0. The Balaban J connectivity index is 1.61. The molecule has 172 valence electrons. The first-order valence-electron chi connectivity index (χ1n) is 12.7. The normalized spacial score (nSPS) is 51.5. The summed E-state index contributed by atoms with van der Waals surface area (Å²) in [6.07, 6.45) is 9.27.